The Morgan fingerprint density at radius 3 is 2.79 bits per heavy atom. The van der Waals surface area contributed by atoms with Crippen LogP contribution in [0, 0.1) is 0 Å². The van der Waals surface area contributed by atoms with Crippen LogP contribution in [0.15, 0.2) is 53.2 Å². The fraction of sp³-hybridized carbons (Fsp3) is 0.263. The minimum atomic E-state index is -1.81. The fourth-order valence-electron chi connectivity index (χ4n) is 3.00. The molecule has 0 radical (unpaired) electrons. The number of furan rings is 1. The molecule has 5 heteroatoms. The van der Waals surface area contributed by atoms with Gasteiger partial charge in [0.2, 0.25) is 0 Å². The zero-order valence-corrected chi connectivity index (χ0v) is 13.4. The SMILES string of the molecule is CCCN1C(=O)[C@](O)(CC(=O)/C=C/c2ccco2)c2ccccc21. The van der Waals surface area contributed by atoms with E-state index < -0.39 is 11.5 Å². The van der Waals surface area contributed by atoms with E-state index in [4.69, 9.17) is 4.42 Å². The number of aliphatic hydroxyl groups is 1. The van der Waals surface area contributed by atoms with Gasteiger partial charge >= 0.3 is 0 Å². The average molecular weight is 325 g/mol. The Morgan fingerprint density at radius 2 is 2.08 bits per heavy atom. The van der Waals surface area contributed by atoms with E-state index in [1.807, 2.05) is 13.0 Å². The molecule has 0 saturated carbocycles. The van der Waals surface area contributed by atoms with Gasteiger partial charge in [0.15, 0.2) is 11.4 Å². The second-order valence-electron chi connectivity index (χ2n) is 5.83. The third-order valence-corrected chi connectivity index (χ3v) is 4.09. The second-order valence-corrected chi connectivity index (χ2v) is 5.83. The second kappa shape index (κ2) is 6.45. The molecule has 0 spiro atoms. The quantitative estimate of drug-likeness (QED) is 0.829. The predicted molar refractivity (Wildman–Crippen MR) is 90.3 cm³/mol. The number of para-hydroxylation sites is 1. The van der Waals surface area contributed by atoms with Gasteiger partial charge in [0.25, 0.3) is 5.91 Å². The molecule has 1 atom stereocenters. The number of benzene rings is 1. The Hall–Kier alpha value is -2.66. The summed E-state index contributed by atoms with van der Waals surface area (Å²) in [6, 6.07) is 10.5. The summed E-state index contributed by atoms with van der Waals surface area (Å²) in [4.78, 5) is 26.5. The Kier molecular flexibility index (Phi) is 4.36. The lowest BCUT2D eigenvalue weighted by molar-refractivity contribution is -0.140. The van der Waals surface area contributed by atoms with Gasteiger partial charge in [0.1, 0.15) is 5.76 Å². The Morgan fingerprint density at radius 1 is 1.29 bits per heavy atom. The molecule has 3 rings (SSSR count). The number of hydrogen-bond donors (Lipinski definition) is 1. The number of carbonyl (C=O) groups is 2. The molecule has 1 aliphatic heterocycles. The summed E-state index contributed by atoms with van der Waals surface area (Å²) in [5, 5.41) is 11.0. The number of carbonyl (C=O) groups excluding carboxylic acids is 2. The van der Waals surface area contributed by atoms with E-state index in [0.29, 0.717) is 23.6 Å². The van der Waals surface area contributed by atoms with E-state index in [1.165, 1.54) is 18.4 Å². The van der Waals surface area contributed by atoms with Crippen LogP contribution in [-0.2, 0) is 15.2 Å². The summed E-state index contributed by atoms with van der Waals surface area (Å²) in [6.45, 7) is 2.47. The lowest BCUT2D eigenvalue weighted by Gasteiger charge is -2.21. The number of amides is 1. The topological polar surface area (TPSA) is 70.8 Å². The van der Waals surface area contributed by atoms with Gasteiger partial charge in [-0.3, -0.25) is 9.59 Å². The molecule has 24 heavy (non-hydrogen) atoms. The highest BCUT2D eigenvalue weighted by Gasteiger charge is 2.50. The summed E-state index contributed by atoms with van der Waals surface area (Å²) < 4.78 is 5.13. The summed E-state index contributed by atoms with van der Waals surface area (Å²) >= 11 is 0. The van der Waals surface area contributed by atoms with Crippen molar-refractivity contribution >= 4 is 23.5 Å². The van der Waals surface area contributed by atoms with Crippen molar-refractivity contribution in [3.8, 4) is 0 Å². The summed E-state index contributed by atoms with van der Waals surface area (Å²) in [6.07, 6.45) is 4.84. The normalized spacial score (nSPS) is 19.9. The maximum Gasteiger partial charge on any atom is 0.264 e. The number of fused-ring (bicyclic) bond motifs is 1. The Bertz CT molecular complexity index is 778. The van der Waals surface area contributed by atoms with Crippen molar-refractivity contribution in [2.75, 3.05) is 11.4 Å². The average Bonchev–Trinajstić information content (AvgIpc) is 3.16. The minimum absolute atomic E-state index is 0.291. The lowest BCUT2D eigenvalue weighted by Crippen LogP contribution is -2.41. The van der Waals surface area contributed by atoms with Gasteiger partial charge in [-0.15, -0.1) is 0 Å². The molecule has 1 N–H and O–H groups in total. The third-order valence-electron chi connectivity index (χ3n) is 4.09. The molecule has 0 aliphatic carbocycles. The van der Waals surface area contributed by atoms with E-state index in [1.54, 1.807) is 35.2 Å². The van der Waals surface area contributed by atoms with Gasteiger partial charge in [0.05, 0.1) is 18.4 Å². The molecule has 0 unspecified atom stereocenters. The molecule has 2 aromatic rings. The molecular formula is C19H19NO4. The van der Waals surface area contributed by atoms with Crippen molar-refractivity contribution in [2.45, 2.75) is 25.4 Å². The number of allylic oxidation sites excluding steroid dienone is 1. The van der Waals surface area contributed by atoms with Crippen LogP contribution < -0.4 is 4.90 Å². The number of ketones is 1. The zero-order valence-electron chi connectivity index (χ0n) is 13.4. The molecule has 5 nitrogen and oxygen atoms in total. The zero-order chi connectivity index (χ0) is 17.2. The van der Waals surface area contributed by atoms with Crippen LogP contribution in [0.4, 0.5) is 5.69 Å². The van der Waals surface area contributed by atoms with Gasteiger partial charge in [-0.2, -0.15) is 0 Å². The van der Waals surface area contributed by atoms with Crippen LogP contribution in [0.3, 0.4) is 0 Å². The molecule has 1 aromatic heterocycles. The third kappa shape index (κ3) is 2.78. The van der Waals surface area contributed by atoms with Gasteiger partial charge in [0, 0.05) is 12.1 Å². The molecule has 2 heterocycles. The first-order valence-electron chi connectivity index (χ1n) is 7.94. The summed E-state index contributed by atoms with van der Waals surface area (Å²) in [7, 11) is 0. The van der Waals surface area contributed by atoms with E-state index >= 15 is 0 Å². The fourth-order valence-corrected chi connectivity index (χ4v) is 3.00. The minimum Gasteiger partial charge on any atom is -0.465 e. The van der Waals surface area contributed by atoms with Crippen molar-refractivity contribution in [2.24, 2.45) is 0 Å². The smallest absolute Gasteiger partial charge is 0.264 e. The Labute approximate surface area is 140 Å². The molecular weight excluding hydrogens is 306 g/mol. The van der Waals surface area contributed by atoms with Crippen LogP contribution in [0.25, 0.3) is 6.08 Å². The van der Waals surface area contributed by atoms with Crippen molar-refractivity contribution in [1.29, 1.82) is 0 Å². The highest BCUT2D eigenvalue weighted by Crippen LogP contribution is 2.42. The van der Waals surface area contributed by atoms with Crippen LogP contribution in [0.5, 0.6) is 0 Å². The largest absolute Gasteiger partial charge is 0.465 e. The van der Waals surface area contributed by atoms with Gasteiger partial charge in [-0.1, -0.05) is 25.1 Å². The van der Waals surface area contributed by atoms with Crippen molar-refractivity contribution in [3.63, 3.8) is 0 Å². The van der Waals surface area contributed by atoms with Crippen LogP contribution in [0.1, 0.15) is 31.1 Å². The number of anilines is 1. The van der Waals surface area contributed by atoms with Crippen LogP contribution in [-0.4, -0.2) is 23.3 Å². The molecule has 1 aliphatic rings. The standard InChI is InChI=1S/C19H19NO4/c1-2-11-20-17-8-4-3-7-16(17)19(23,18(20)22)13-14(21)9-10-15-6-5-12-24-15/h3-10,12,23H,2,11,13H2,1H3/b10-9+/t19-/m0/s1. The number of nitrogens with zero attached hydrogens (tertiary/aromatic N) is 1. The van der Waals surface area contributed by atoms with Crippen LogP contribution in [0.2, 0.25) is 0 Å². The van der Waals surface area contributed by atoms with E-state index in [-0.39, 0.29) is 12.2 Å². The molecule has 124 valence electrons. The van der Waals surface area contributed by atoms with Crippen molar-refractivity contribution in [3.05, 3.63) is 60.1 Å². The maximum absolute atomic E-state index is 12.7. The highest BCUT2D eigenvalue weighted by molar-refractivity contribution is 6.10. The first-order valence-corrected chi connectivity index (χ1v) is 7.94. The van der Waals surface area contributed by atoms with E-state index in [9.17, 15) is 14.7 Å². The molecule has 0 fully saturated rings. The van der Waals surface area contributed by atoms with E-state index in [0.717, 1.165) is 6.42 Å². The Balaban J connectivity index is 1.86. The van der Waals surface area contributed by atoms with Gasteiger partial charge in [-0.25, -0.2) is 0 Å². The molecule has 0 saturated heterocycles. The predicted octanol–water partition coefficient (Wildman–Crippen LogP) is 2.90. The van der Waals surface area contributed by atoms with E-state index in [2.05, 4.69) is 0 Å². The van der Waals surface area contributed by atoms with Crippen LogP contribution >= 0.6 is 0 Å². The molecule has 1 aromatic carbocycles. The highest BCUT2D eigenvalue weighted by atomic mass is 16.3. The van der Waals surface area contributed by atoms with Crippen molar-refractivity contribution in [1.82, 2.24) is 0 Å². The summed E-state index contributed by atoms with van der Waals surface area (Å²) in [5.74, 6) is -0.234. The monoisotopic (exact) mass is 325 g/mol. The van der Waals surface area contributed by atoms with Crippen molar-refractivity contribution < 1.29 is 19.1 Å². The first kappa shape index (κ1) is 16.2. The summed E-state index contributed by atoms with van der Waals surface area (Å²) in [5.41, 5.74) is -0.644. The number of rotatable bonds is 6. The first-order chi connectivity index (χ1) is 11.6. The molecule has 1 amide bonds. The lowest BCUT2D eigenvalue weighted by atomic mass is 9.90. The van der Waals surface area contributed by atoms with Gasteiger partial charge < -0.3 is 14.4 Å². The molecule has 0 bridgehead atoms. The maximum atomic E-state index is 12.7. The number of hydrogen-bond acceptors (Lipinski definition) is 4. The van der Waals surface area contributed by atoms with Gasteiger partial charge in [-0.05, 0) is 36.8 Å².